The number of rotatable bonds is 3. The van der Waals surface area contributed by atoms with Crippen LogP contribution in [0, 0.1) is 15.9 Å². The Morgan fingerprint density at radius 1 is 1.64 bits per heavy atom. The number of nitrogens with zero attached hydrogens (tertiary/aromatic N) is 1. The maximum absolute atomic E-state index is 13.0. The van der Waals surface area contributed by atoms with E-state index in [1.54, 1.807) is 0 Å². The molecule has 0 unspecified atom stereocenters. The first-order valence-corrected chi connectivity index (χ1v) is 3.90. The van der Waals surface area contributed by atoms with Crippen LogP contribution >= 0.6 is 0 Å². The zero-order valence-corrected chi connectivity index (χ0v) is 7.40. The SMILES string of the molecule is CB(O)Nc1cccc(F)c1[N+](=O)[O-]. The van der Waals surface area contributed by atoms with Crippen molar-refractivity contribution in [3.05, 3.63) is 34.1 Å². The van der Waals surface area contributed by atoms with Crippen molar-refractivity contribution in [1.29, 1.82) is 0 Å². The highest BCUT2D eigenvalue weighted by Gasteiger charge is 2.20. The third kappa shape index (κ3) is 2.20. The third-order valence-corrected chi connectivity index (χ3v) is 1.53. The lowest BCUT2D eigenvalue weighted by atomic mass is 9.88. The van der Waals surface area contributed by atoms with Gasteiger partial charge in [0.15, 0.2) is 0 Å². The summed E-state index contributed by atoms with van der Waals surface area (Å²) in [4.78, 5) is 9.63. The molecule has 0 heterocycles. The van der Waals surface area contributed by atoms with Crippen LogP contribution in [-0.4, -0.2) is 17.0 Å². The van der Waals surface area contributed by atoms with Gasteiger partial charge in [0.1, 0.15) is 5.69 Å². The number of nitro benzene ring substituents is 1. The van der Waals surface area contributed by atoms with E-state index in [1.807, 2.05) is 0 Å². The van der Waals surface area contributed by atoms with Gasteiger partial charge in [0.05, 0.1) is 4.92 Å². The number of anilines is 1. The molecular weight excluding hydrogens is 190 g/mol. The molecule has 0 fully saturated rings. The lowest BCUT2D eigenvalue weighted by Gasteiger charge is -2.06. The summed E-state index contributed by atoms with van der Waals surface area (Å²) in [5.74, 6) is -0.930. The highest BCUT2D eigenvalue weighted by molar-refractivity contribution is 6.53. The molecule has 0 saturated carbocycles. The maximum atomic E-state index is 13.0. The van der Waals surface area contributed by atoms with Crippen LogP contribution in [0.25, 0.3) is 0 Å². The van der Waals surface area contributed by atoms with Gasteiger partial charge in [-0.3, -0.25) is 10.1 Å². The van der Waals surface area contributed by atoms with Crippen LogP contribution in [0.3, 0.4) is 0 Å². The van der Waals surface area contributed by atoms with E-state index in [2.05, 4.69) is 5.23 Å². The van der Waals surface area contributed by atoms with E-state index in [0.29, 0.717) is 0 Å². The van der Waals surface area contributed by atoms with E-state index in [1.165, 1.54) is 19.0 Å². The number of nitro groups is 1. The second kappa shape index (κ2) is 4.06. The van der Waals surface area contributed by atoms with Crippen LogP contribution < -0.4 is 5.23 Å². The fourth-order valence-corrected chi connectivity index (χ4v) is 1.04. The zero-order chi connectivity index (χ0) is 10.7. The lowest BCUT2D eigenvalue weighted by molar-refractivity contribution is -0.386. The zero-order valence-electron chi connectivity index (χ0n) is 7.40. The number of para-hydroxylation sites is 1. The normalized spacial score (nSPS) is 9.64. The molecule has 2 N–H and O–H groups in total. The number of hydrogen-bond acceptors (Lipinski definition) is 4. The van der Waals surface area contributed by atoms with Gasteiger partial charge in [-0.05, 0) is 19.0 Å². The molecule has 0 radical (unpaired) electrons. The molecule has 5 nitrogen and oxygen atoms in total. The Labute approximate surface area is 79.8 Å². The molecule has 1 aromatic carbocycles. The minimum absolute atomic E-state index is 0.0370. The van der Waals surface area contributed by atoms with Gasteiger partial charge in [-0.25, -0.2) is 0 Å². The number of hydrogen-bond donors (Lipinski definition) is 2. The Hall–Kier alpha value is -1.63. The standard InChI is InChI=1S/C7H8BFN2O3/c1-8(12)10-6-4-2-3-5(9)7(6)11(13)14/h2-4,10,12H,1H3. The Morgan fingerprint density at radius 2 is 2.29 bits per heavy atom. The first-order chi connectivity index (χ1) is 6.52. The Balaban J connectivity index is 3.14. The molecule has 0 aliphatic rings. The van der Waals surface area contributed by atoms with Crippen LogP contribution in [-0.2, 0) is 0 Å². The first-order valence-electron chi connectivity index (χ1n) is 3.90. The summed E-state index contributed by atoms with van der Waals surface area (Å²) in [5, 5.41) is 21.8. The average Bonchev–Trinajstić information content (AvgIpc) is 2.01. The summed E-state index contributed by atoms with van der Waals surface area (Å²) in [7, 11) is -0.976. The molecule has 0 aliphatic carbocycles. The molecular formula is C7H8BFN2O3. The minimum atomic E-state index is -0.976. The molecule has 0 saturated heterocycles. The monoisotopic (exact) mass is 198 g/mol. The second-order valence-corrected chi connectivity index (χ2v) is 2.71. The highest BCUT2D eigenvalue weighted by atomic mass is 19.1. The van der Waals surface area contributed by atoms with Gasteiger partial charge in [0, 0.05) is 0 Å². The van der Waals surface area contributed by atoms with E-state index >= 15 is 0 Å². The number of nitrogens with one attached hydrogen (secondary N) is 1. The Morgan fingerprint density at radius 3 is 2.79 bits per heavy atom. The fraction of sp³-hybridized carbons (Fsp3) is 0.143. The molecule has 1 aromatic rings. The molecule has 14 heavy (non-hydrogen) atoms. The largest absolute Gasteiger partial charge is 0.433 e. The Kier molecular flexibility index (Phi) is 3.03. The van der Waals surface area contributed by atoms with Crippen molar-refractivity contribution in [1.82, 2.24) is 0 Å². The van der Waals surface area contributed by atoms with Gasteiger partial charge in [-0.15, -0.1) is 0 Å². The molecule has 0 bridgehead atoms. The van der Waals surface area contributed by atoms with Crippen LogP contribution in [0.2, 0.25) is 6.82 Å². The first kappa shape index (κ1) is 10.5. The summed E-state index contributed by atoms with van der Waals surface area (Å²) in [6.07, 6.45) is 0. The van der Waals surface area contributed by atoms with Crippen molar-refractivity contribution in [3.63, 3.8) is 0 Å². The van der Waals surface area contributed by atoms with Crippen LogP contribution in [0.1, 0.15) is 0 Å². The van der Waals surface area contributed by atoms with Crippen LogP contribution in [0.4, 0.5) is 15.8 Å². The smallest absolute Gasteiger partial charge is 0.407 e. The predicted molar refractivity (Wildman–Crippen MR) is 50.5 cm³/mol. The lowest BCUT2D eigenvalue weighted by Crippen LogP contribution is -2.20. The summed E-state index contributed by atoms with van der Waals surface area (Å²) >= 11 is 0. The van der Waals surface area contributed by atoms with Crippen molar-refractivity contribution in [2.75, 3.05) is 5.23 Å². The third-order valence-electron chi connectivity index (χ3n) is 1.53. The molecule has 0 aromatic heterocycles. The van der Waals surface area contributed by atoms with Crippen molar-refractivity contribution in [3.8, 4) is 0 Å². The minimum Gasteiger partial charge on any atom is -0.433 e. The van der Waals surface area contributed by atoms with Gasteiger partial charge >= 0.3 is 12.7 Å². The van der Waals surface area contributed by atoms with Gasteiger partial charge in [-0.2, -0.15) is 4.39 Å². The second-order valence-electron chi connectivity index (χ2n) is 2.71. The summed E-state index contributed by atoms with van der Waals surface area (Å²) in [6.45, 7) is 1.38. The van der Waals surface area contributed by atoms with Gasteiger partial charge in [-0.1, -0.05) is 6.07 Å². The van der Waals surface area contributed by atoms with Crippen LogP contribution in [0.5, 0.6) is 0 Å². The van der Waals surface area contributed by atoms with Crippen LogP contribution in [0.15, 0.2) is 18.2 Å². The van der Waals surface area contributed by atoms with Gasteiger partial charge < -0.3 is 10.3 Å². The van der Waals surface area contributed by atoms with Crippen molar-refractivity contribution >= 4 is 18.4 Å². The predicted octanol–water partition coefficient (Wildman–Crippen LogP) is 1.26. The van der Waals surface area contributed by atoms with E-state index in [-0.39, 0.29) is 5.69 Å². The van der Waals surface area contributed by atoms with Crippen molar-refractivity contribution < 1.29 is 14.3 Å². The molecule has 0 aliphatic heterocycles. The maximum Gasteiger partial charge on any atom is 0.407 e. The highest BCUT2D eigenvalue weighted by Crippen LogP contribution is 2.26. The molecule has 0 spiro atoms. The van der Waals surface area contributed by atoms with E-state index in [0.717, 1.165) is 6.07 Å². The fourth-order valence-electron chi connectivity index (χ4n) is 1.04. The number of halogens is 1. The molecule has 74 valence electrons. The van der Waals surface area contributed by atoms with Crippen molar-refractivity contribution in [2.45, 2.75) is 6.82 Å². The van der Waals surface area contributed by atoms with E-state index in [4.69, 9.17) is 5.02 Å². The summed E-state index contributed by atoms with van der Waals surface area (Å²) in [6, 6.07) is 3.65. The molecule has 0 amide bonds. The quantitative estimate of drug-likeness (QED) is 0.435. The molecule has 7 heteroatoms. The topological polar surface area (TPSA) is 75.4 Å². The summed E-state index contributed by atoms with van der Waals surface area (Å²) < 4.78 is 13.0. The van der Waals surface area contributed by atoms with E-state index in [9.17, 15) is 14.5 Å². The molecule has 1 rings (SSSR count). The Bertz CT molecular complexity index is 359. The van der Waals surface area contributed by atoms with Gasteiger partial charge in [0.2, 0.25) is 5.82 Å². The number of benzene rings is 1. The molecule has 0 atom stereocenters. The van der Waals surface area contributed by atoms with Gasteiger partial charge in [0.25, 0.3) is 0 Å². The van der Waals surface area contributed by atoms with E-state index < -0.39 is 23.5 Å². The summed E-state index contributed by atoms with van der Waals surface area (Å²) in [5.41, 5.74) is -0.696. The average molecular weight is 198 g/mol. The van der Waals surface area contributed by atoms with Crippen molar-refractivity contribution in [2.24, 2.45) is 0 Å².